The van der Waals surface area contributed by atoms with Crippen LogP contribution in [-0.2, 0) is 4.79 Å². The number of nitrogens with one attached hydrogen (secondary N) is 3. The molecule has 0 aliphatic heterocycles. The van der Waals surface area contributed by atoms with Crippen LogP contribution in [0.5, 0.6) is 0 Å². The standard InChI is InChI=1S/C11H21N3O2/c1-8(2)13-11(16)12-7-10(15)14-9-5-3-4-6-9/h8-9H,3-7H2,1-2H3,(H,14,15)(H2,12,13,16). The van der Waals surface area contributed by atoms with E-state index in [0.29, 0.717) is 6.04 Å². The zero-order valence-electron chi connectivity index (χ0n) is 10.0. The third-order valence-corrected chi connectivity index (χ3v) is 2.55. The van der Waals surface area contributed by atoms with Crippen molar-refractivity contribution in [2.75, 3.05) is 6.54 Å². The summed E-state index contributed by atoms with van der Waals surface area (Å²) in [6.07, 6.45) is 4.49. The molecule has 0 aromatic heterocycles. The maximum Gasteiger partial charge on any atom is 0.315 e. The summed E-state index contributed by atoms with van der Waals surface area (Å²) in [5.74, 6) is -0.106. The Bertz CT molecular complexity index is 248. The molecule has 1 aliphatic carbocycles. The molecule has 92 valence electrons. The first-order valence-electron chi connectivity index (χ1n) is 5.91. The summed E-state index contributed by atoms with van der Waals surface area (Å²) < 4.78 is 0. The number of hydrogen-bond donors (Lipinski definition) is 3. The molecule has 1 aliphatic rings. The van der Waals surface area contributed by atoms with E-state index in [-0.39, 0.29) is 24.5 Å². The highest BCUT2D eigenvalue weighted by molar-refractivity contribution is 5.84. The van der Waals surface area contributed by atoms with E-state index < -0.39 is 0 Å². The first kappa shape index (κ1) is 12.8. The van der Waals surface area contributed by atoms with Crippen LogP contribution < -0.4 is 16.0 Å². The van der Waals surface area contributed by atoms with E-state index in [1.807, 2.05) is 13.8 Å². The lowest BCUT2D eigenvalue weighted by molar-refractivity contribution is -0.120. The van der Waals surface area contributed by atoms with E-state index >= 15 is 0 Å². The van der Waals surface area contributed by atoms with Gasteiger partial charge in [0.2, 0.25) is 5.91 Å². The second-order valence-corrected chi connectivity index (χ2v) is 4.53. The molecule has 0 atom stereocenters. The maximum atomic E-state index is 11.4. The molecular formula is C11H21N3O2. The van der Waals surface area contributed by atoms with Crippen molar-refractivity contribution in [3.05, 3.63) is 0 Å². The van der Waals surface area contributed by atoms with Gasteiger partial charge in [0.25, 0.3) is 0 Å². The van der Waals surface area contributed by atoms with E-state index in [4.69, 9.17) is 0 Å². The lowest BCUT2D eigenvalue weighted by atomic mass is 10.2. The molecule has 0 aromatic carbocycles. The number of urea groups is 1. The molecule has 0 unspecified atom stereocenters. The maximum absolute atomic E-state index is 11.4. The minimum atomic E-state index is -0.295. The molecule has 1 rings (SSSR count). The Kier molecular flexibility index (Phi) is 5.08. The topological polar surface area (TPSA) is 70.2 Å². The quantitative estimate of drug-likeness (QED) is 0.663. The Morgan fingerprint density at radius 1 is 1.25 bits per heavy atom. The summed E-state index contributed by atoms with van der Waals surface area (Å²) in [5, 5.41) is 8.09. The fourth-order valence-corrected chi connectivity index (χ4v) is 1.82. The largest absolute Gasteiger partial charge is 0.352 e. The SMILES string of the molecule is CC(C)NC(=O)NCC(=O)NC1CCCC1. The van der Waals surface area contributed by atoms with Gasteiger partial charge in [-0.2, -0.15) is 0 Å². The highest BCUT2D eigenvalue weighted by atomic mass is 16.2. The van der Waals surface area contributed by atoms with Gasteiger partial charge in [-0.15, -0.1) is 0 Å². The number of rotatable bonds is 4. The van der Waals surface area contributed by atoms with Gasteiger partial charge in [-0.25, -0.2) is 4.79 Å². The molecule has 0 aromatic rings. The fraction of sp³-hybridized carbons (Fsp3) is 0.818. The molecule has 16 heavy (non-hydrogen) atoms. The molecule has 3 amide bonds. The van der Waals surface area contributed by atoms with Crippen molar-refractivity contribution >= 4 is 11.9 Å². The minimum absolute atomic E-state index is 0.0506. The van der Waals surface area contributed by atoms with Gasteiger partial charge in [-0.3, -0.25) is 4.79 Å². The van der Waals surface area contributed by atoms with Gasteiger partial charge in [-0.05, 0) is 26.7 Å². The van der Waals surface area contributed by atoms with Crippen molar-refractivity contribution in [1.29, 1.82) is 0 Å². The molecule has 5 heteroatoms. The van der Waals surface area contributed by atoms with Crippen molar-refractivity contribution in [1.82, 2.24) is 16.0 Å². The van der Waals surface area contributed by atoms with Crippen LogP contribution >= 0.6 is 0 Å². The fourth-order valence-electron chi connectivity index (χ4n) is 1.82. The van der Waals surface area contributed by atoms with Gasteiger partial charge in [0.1, 0.15) is 0 Å². The summed E-state index contributed by atoms with van der Waals surface area (Å²) in [7, 11) is 0. The van der Waals surface area contributed by atoms with Crippen LogP contribution in [0.1, 0.15) is 39.5 Å². The summed E-state index contributed by atoms with van der Waals surface area (Å²) >= 11 is 0. The molecule has 0 spiro atoms. The van der Waals surface area contributed by atoms with Crippen LogP contribution in [0.2, 0.25) is 0 Å². The zero-order chi connectivity index (χ0) is 12.0. The van der Waals surface area contributed by atoms with Gasteiger partial charge < -0.3 is 16.0 Å². The molecule has 0 radical (unpaired) electrons. The third kappa shape index (κ3) is 5.00. The summed E-state index contributed by atoms with van der Waals surface area (Å²) in [6.45, 7) is 3.80. The number of carbonyl (C=O) groups is 2. The van der Waals surface area contributed by atoms with E-state index in [0.717, 1.165) is 12.8 Å². The van der Waals surface area contributed by atoms with Crippen LogP contribution in [0.4, 0.5) is 4.79 Å². The highest BCUT2D eigenvalue weighted by Gasteiger charge is 2.17. The second-order valence-electron chi connectivity index (χ2n) is 4.53. The van der Waals surface area contributed by atoms with Gasteiger partial charge >= 0.3 is 6.03 Å². The third-order valence-electron chi connectivity index (χ3n) is 2.55. The van der Waals surface area contributed by atoms with Crippen molar-refractivity contribution in [3.63, 3.8) is 0 Å². The molecular weight excluding hydrogens is 206 g/mol. The van der Waals surface area contributed by atoms with Crippen molar-refractivity contribution in [3.8, 4) is 0 Å². The summed E-state index contributed by atoms with van der Waals surface area (Å²) in [4.78, 5) is 22.6. The summed E-state index contributed by atoms with van der Waals surface area (Å²) in [5.41, 5.74) is 0. The second kappa shape index (κ2) is 6.35. The Labute approximate surface area is 96.4 Å². The lowest BCUT2D eigenvalue weighted by Gasteiger charge is -2.13. The molecule has 3 N–H and O–H groups in total. The van der Waals surface area contributed by atoms with E-state index in [2.05, 4.69) is 16.0 Å². The normalized spacial score (nSPS) is 16.2. The number of hydrogen-bond acceptors (Lipinski definition) is 2. The van der Waals surface area contributed by atoms with E-state index in [1.54, 1.807) is 0 Å². The van der Waals surface area contributed by atoms with Crippen molar-refractivity contribution in [2.45, 2.75) is 51.6 Å². The predicted octanol–water partition coefficient (Wildman–Crippen LogP) is 0.753. The molecule has 5 nitrogen and oxygen atoms in total. The molecule has 0 bridgehead atoms. The smallest absolute Gasteiger partial charge is 0.315 e. The first-order valence-corrected chi connectivity index (χ1v) is 5.91. The minimum Gasteiger partial charge on any atom is -0.352 e. The number of amides is 3. The summed E-state index contributed by atoms with van der Waals surface area (Å²) in [6, 6.07) is 0.0944. The average Bonchev–Trinajstić information content (AvgIpc) is 2.66. The Morgan fingerprint density at radius 3 is 2.44 bits per heavy atom. The van der Waals surface area contributed by atoms with Crippen LogP contribution in [-0.4, -0.2) is 30.6 Å². The lowest BCUT2D eigenvalue weighted by Crippen LogP contribution is -2.45. The zero-order valence-corrected chi connectivity index (χ0v) is 10.0. The molecule has 1 saturated carbocycles. The van der Waals surface area contributed by atoms with Crippen LogP contribution in [0.25, 0.3) is 0 Å². The van der Waals surface area contributed by atoms with Crippen molar-refractivity contribution < 1.29 is 9.59 Å². The molecule has 0 saturated heterocycles. The Morgan fingerprint density at radius 2 is 1.88 bits per heavy atom. The molecule has 0 heterocycles. The number of carbonyl (C=O) groups excluding carboxylic acids is 2. The first-order chi connectivity index (χ1) is 7.58. The van der Waals surface area contributed by atoms with Gasteiger partial charge in [0, 0.05) is 12.1 Å². The highest BCUT2D eigenvalue weighted by Crippen LogP contribution is 2.17. The molecule has 1 fully saturated rings. The van der Waals surface area contributed by atoms with Crippen LogP contribution in [0.15, 0.2) is 0 Å². The van der Waals surface area contributed by atoms with Gasteiger partial charge in [-0.1, -0.05) is 12.8 Å². The van der Waals surface area contributed by atoms with E-state index in [9.17, 15) is 9.59 Å². The Hall–Kier alpha value is -1.26. The van der Waals surface area contributed by atoms with Gasteiger partial charge in [0.15, 0.2) is 0 Å². The monoisotopic (exact) mass is 227 g/mol. The average molecular weight is 227 g/mol. The van der Waals surface area contributed by atoms with Crippen LogP contribution in [0.3, 0.4) is 0 Å². The van der Waals surface area contributed by atoms with Crippen LogP contribution in [0, 0.1) is 0 Å². The van der Waals surface area contributed by atoms with Gasteiger partial charge in [0.05, 0.1) is 6.54 Å². The predicted molar refractivity (Wildman–Crippen MR) is 62.1 cm³/mol. The van der Waals surface area contributed by atoms with Crippen molar-refractivity contribution in [2.24, 2.45) is 0 Å². The van der Waals surface area contributed by atoms with E-state index in [1.165, 1.54) is 12.8 Å². The Balaban J connectivity index is 2.11.